The molecule has 3 unspecified atom stereocenters. The summed E-state index contributed by atoms with van der Waals surface area (Å²) in [5.74, 6) is 6.39. The number of hydrazine groups is 1. The van der Waals surface area contributed by atoms with Gasteiger partial charge in [0.05, 0.1) is 0 Å². The Balaban J connectivity index is 1.33. The molecule has 3 N–H and O–H groups in total. The third-order valence-corrected chi connectivity index (χ3v) is 6.57. The first-order chi connectivity index (χ1) is 13.3. The van der Waals surface area contributed by atoms with Gasteiger partial charge in [0.15, 0.2) is 0 Å². The fraction of sp³-hybridized carbons (Fsp3) is 0.455. The highest BCUT2D eigenvalue weighted by Gasteiger charge is 2.39. The number of thiophene rings is 1. The number of aliphatic hydroxyl groups is 1. The Kier molecular flexibility index (Phi) is 6.23. The van der Waals surface area contributed by atoms with E-state index in [4.69, 9.17) is 5.11 Å². The molecule has 4 rings (SSSR count). The van der Waals surface area contributed by atoms with Crippen LogP contribution in [0.25, 0.3) is 0 Å². The molecule has 2 aromatic rings. The fourth-order valence-electron chi connectivity index (χ4n) is 4.25. The summed E-state index contributed by atoms with van der Waals surface area (Å²) in [6.07, 6.45) is 3.50. The Bertz CT molecular complexity index is 795. The standard InChI is InChI=1S/C22H27N3OS/c26-12-4-7-18-13-19(27-16-18)14-25-11-10-22-20(15-25)21(23-24-22)9-8-17-5-2-1-3-6-17/h1-3,5-6,13,16,20-24,26H,8-12,14-15H2. The molecule has 27 heavy (non-hydrogen) atoms. The van der Waals surface area contributed by atoms with Crippen molar-refractivity contribution in [2.45, 2.75) is 37.9 Å². The zero-order chi connectivity index (χ0) is 18.5. The summed E-state index contributed by atoms with van der Waals surface area (Å²) < 4.78 is 0. The summed E-state index contributed by atoms with van der Waals surface area (Å²) in [6, 6.07) is 14.1. The van der Waals surface area contributed by atoms with E-state index in [1.165, 1.54) is 23.3 Å². The summed E-state index contributed by atoms with van der Waals surface area (Å²) in [5.41, 5.74) is 9.54. The van der Waals surface area contributed by atoms with Crippen molar-refractivity contribution in [3.8, 4) is 11.8 Å². The van der Waals surface area contributed by atoms with Gasteiger partial charge in [0.25, 0.3) is 0 Å². The molecule has 3 atom stereocenters. The Morgan fingerprint density at radius 1 is 1.22 bits per heavy atom. The highest BCUT2D eigenvalue weighted by Crippen LogP contribution is 2.28. The largest absolute Gasteiger partial charge is 0.384 e. The van der Waals surface area contributed by atoms with Gasteiger partial charge in [0.2, 0.25) is 0 Å². The van der Waals surface area contributed by atoms with Crippen LogP contribution in [0, 0.1) is 17.8 Å². The Labute approximate surface area is 165 Å². The lowest BCUT2D eigenvalue weighted by atomic mass is 9.86. The molecular formula is C22H27N3OS. The van der Waals surface area contributed by atoms with Gasteiger partial charge in [-0.05, 0) is 30.9 Å². The smallest absolute Gasteiger partial charge is 0.104 e. The van der Waals surface area contributed by atoms with Gasteiger partial charge in [-0.25, -0.2) is 0 Å². The van der Waals surface area contributed by atoms with Gasteiger partial charge in [-0.3, -0.25) is 15.8 Å². The first kappa shape index (κ1) is 18.7. The van der Waals surface area contributed by atoms with Gasteiger partial charge in [0, 0.05) is 53.5 Å². The first-order valence-corrected chi connectivity index (χ1v) is 10.6. The zero-order valence-corrected chi connectivity index (χ0v) is 16.3. The van der Waals surface area contributed by atoms with Gasteiger partial charge in [-0.2, -0.15) is 0 Å². The number of hydrogen-bond acceptors (Lipinski definition) is 5. The maximum Gasteiger partial charge on any atom is 0.104 e. The monoisotopic (exact) mass is 381 g/mol. The molecule has 0 radical (unpaired) electrons. The number of piperidine rings is 1. The predicted molar refractivity (Wildman–Crippen MR) is 110 cm³/mol. The van der Waals surface area contributed by atoms with Crippen molar-refractivity contribution in [1.82, 2.24) is 15.8 Å². The van der Waals surface area contributed by atoms with E-state index in [1.54, 1.807) is 11.3 Å². The molecule has 0 bridgehead atoms. The maximum absolute atomic E-state index is 8.83. The molecule has 2 fully saturated rings. The van der Waals surface area contributed by atoms with Gasteiger partial charge in [-0.15, -0.1) is 11.3 Å². The van der Waals surface area contributed by atoms with Gasteiger partial charge < -0.3 is 5.11 Å². The highest BCUT2D eigenvalue weighted by atomic mass is 32.1. The van der Waals surface area contributed by atoms with E-state index in [9.17, 15) is 0 Å². The number of rotatable bonds is 5. The molecule has 1 aromatic carbocycles. The minimum atomic E-state index is -0.0786. The van der Waals surface area contributed by atoms with Crippen molar-refractivity contribution in [2.24, 2.45) is 5.92 Å². The average molecular weight is 382 g/mol. The van der Waals surface area contributed by atoms with Gasteiger partial charge in [-0.1, -0.05) is 42.2 Å². The Hall–Kier alpha value is -1.68. The van der Waals surface area contributed by atoms with Crippen molar-refractivity contribution in [3.05, 3.63) is 57.8 Å². The van der Waals surface area contributed by atoms with E-state index in [1.807, 2.05) is 0 Å². The van der Waals surface area contributed by atoms with Crippen molar-refractivity contribution < 1.29 is 5.11 Å². The molecular weight excluding hydrogens is 354 g/mol. The number of nitrogens with zero attached hydrogens (tertiary/aromatic N) is 1. The van der Waals surface area contributed by atoms with E-state index in [-0.39, 0.29) is 6.61 Å². The molecule has 142 valence electrons. The lowest BCUT2D eigenvalue weighted by Crippen LogP contribution is -2.45. The second-order valence-electron chi connectivity index (χ2n) is 7.48. The fourth-order valence-corrected chi connectivity index (χ4v) is 5.11. The molecule has 2 saturated heterocycles. The van der Waals surface area contributed by atoms with Crippen molar-refractivity contribution in [2.75, 3.05) is 19.7 Å². The molecule has 2 aliphatic heterocycles. The van der Waals surface area contributed by atoms with Crippen LogP contribution in [0.3, 0.4) is 0 Å². The van der Waals surface area contributed by atoms with Gasteiger partial charge in [0.1, 0.15) is 6.61 Å². The maximum atomic E-state index is 8.83. The Morgan fingerprint density at radius 3 is 2.96 bits per heavy atom. The summed E-state index contributed by atoms with van der Waals surface area (Å²) in [4.78, 5) is 3.94. The van der Waals surface area contributed by atoms with Gasteiger partial charge >= 0.3 is 0 Å². The molecule has 0 spiro atoms. The van der Waals surface area contributed by atoms with E-state index in [0.29, 0.717) is 18.0 Å². The van der Waals surface area contributed by atoms with Crippen LogP contribution in [0.15, 0.2) is 41.8 Å². The summed E-state index contributed by atoms with van der Waals surface area (Å²) in [7, 11) is 0. The number of nitrogens with one attached hydrogen (secondary N) is 2. The summed E-state index contributed by atoms with van der Waals surface area (Å²) in [5, 5.41) is 10.9. The molecule has 3 heterocycles. The highest BCUT2D eigenvalue weighted by molar-refractivity contribution is 7.10. The third kappa shape index (κ3) is 4.78. The molecule has 1 aromatic heterocycles. The zero-order valence-electron chi connectivity index (χ0n) is 15.5. The van der Waals surface area contributed by atoms with Crippen LogP contribution in [0.2, 0.25) is 0 Å². The van der Waals surface area contributed by atoms with E-state index in [0.717, 1.165) is 31.6 Å². The SMILES string of the molecule is OCC#Cc1csc(CN2CCC3NNC(CCc4ccccc4)C3C2)c1. The summed E-state index contributed by atoms with van der Waals surface area (Å²) >= 11 is 1.77. The number of hydrogen-bond donors (Lipinski definition) is 3. The minimum absolute atomic E-state index is 0.0786. The van der Waals surface area contributed by atoms with Crippen molar-refractivity contribution in [3.63, 3.8) is 0 Å². The third-order valence-electron chi connectivity index (χ3n) is 5.64. The quantitative estimate of drug-likeness (QED) is 0.696. The molecule has 2 aliphatic rings. The van der Waals surface area contributed by atoms with Crippen LogP contribution in [0.5, 0.6) is 0 Å². The van der Waals surface area contributed by atoms with Crippen LogP contribution in [-0.2, 0) is 13.0 Å². The van der Waals surface area contributed by atoms with Crippen molar-refractivity contribution >= 4 is 11.3 Å². The molecule has 0 aliphatic carbocycles. The number of aliphatic hydroxyl groups excluding tert-OH is 1. The molecule has 0 saturated carbocycles. The number of likely N-dealkylation sites (tertiary alicyclic amines) is 1. The lowest BCUT2D eigenvalue weighted by molar-refractivity contribution is 0.147. The van der Waals surface area contributed by atoms with E-state index < -0.39 is 0 Å². The second kappa shape index (κ2) is 9.01. The number of fused-ring (bicyclic) bond motifs is 1. The van der Waals surface area contributed by atoms with Crippen LogP contribution in [0.1, 0.15) is 28.8 Å². The molecule has 0 amide bonds. The minimum Gasteiger partial charge on any atom is -0.384 e. The van der Waals surface area contributed by atoms with Crippen LogP contribution >= 0.6 is 11.3 Å². The molecule has 4 nitrogen and oxygen atoms in total. The first-order valence-electron chi connectivity index (χ1n) is 9.76. The topological polar surface area (TPSA) is 47.5 Å². The normalized spacial score (nSPS) is 25.0. The summed E-state index contributed by atoms with van der Waals surface area (Å²) in [6.45, 7) is 3.20. The Morgan fingerprint density at radius 2 is 2.11 bits per heavy atom. The van der Waals surface area contributed by atoms with E-state index in [2.05, 4.69) is 69.4 Å². The second-order valence-corrected chi connectivity index (χ2v) is 8.47. The van der Waals surface area contributed by atoms with Crippen LogP contribution in [-0.4, -0.2) is 41.8 Å². The van der Waals surface area contributed by atoms with Crippen molar-refractivity contribution in [1.29, 1.82) is 0 Å². The van der Waals surface area contributed by atoms with Crippen LogP contribution in [0.4, 0.5) is 0 Å². The average Bonchev–Trinajstić information content (AvgIpc) is 3.32. The number of aryl methyl sites for hydroxylation is 1. The van der Waals surface area contributed by atoms with E-state index >= 15 is 0 Å². The predicted octanol–water partition coefficient (Wildman–Crippen LogP) is 2.39. The van der Waals surface area contributed by atoms with Crippen LogP contribution < -0.4 is 10.9 Å². The molecule has 5 heteroatoms. The lowest BCUT2D eigenvalue weighted by Gasteiger charge is -2.36. The number of benzene rings is 1.